The number of hydrogen-bond acceptors (Lipinski definition) is 3. The Kier molecular flexibility index (Phi) is 2.14. The maximum atomic E-state index is 11.8. The summed E-state index contributed by atoms with van der Waals surface area (Å²) in [7, 11) is 0. The van der Waals surface area contributed by atoms with Crippen molar-refractivity contribution in [3.63, 3.8) is 0 Å². The SMILES string of the molecule is CCn1ccnc1C(=O)c1ncc[nH]1. The Morgan fingerprint density at radius 1 is 1.50 bits per heavy atom. The summed E-state index contributed by atoms with van der Waals surface area (Å²) in [4.78, 5) is 22.4. The van der Waals surface area contributed by atoms with Crippen LogP contribution in [0.25, 0.3) is 0 Å². The first-order valence-corrected chi connectivity index (χ1v) is 4.38. The molecule has 2 aromatic heterocycles. The maximum Gasteiger partial charge on any atom is 0.263 e. The average molecular weight is 190 g/mol. The minimum Gasteiger partial charge on any atom is -0.342 e. The van der Waals surface area contributed by atoms with E-state index in [9.17, 15) is 4.79 Å². The molecule has 0 saturated heterocycles. The quantitative estimate of drug-likeness (QED) is 0.730. The number of carbonyl (C=O) groups excluding carboxylic acids is 1. The first kappa shape index (κ1) is 8.68. The summed E-state index contributed by atoms with van der Waals surface area (Å²) in [6, 6.07) is 0. The second kappa shape index (κ2) is 3.45. The van der Waals surface area contributed by atoms with E-state index in [0.29, 0.717) is 11.6 Å². The van der Waals surface area contributed by atoms with E-state index in [2.05, 4.69) is 15.0 Å². The molecule has 2 aromatic rings. The van der Waals surface area contributed by atoms with Crippen LogP contribution < -0.4 is 0 Å². The van der Waals surface area contributed by atoms with Gasteiger partial charge in [0.15, 0.2) is 11.6 Å². The van der Waals surface area contributed by atoms with Gasteiger partial charge in [0.05, 0.1) is 0 Å². The molecule has 2 heterocycles. The van der Waals surface area contributed by atoms with Crippen molar-refractivity contribution in [1.29, 1.82) is 0 Å². The predicted molar refractivity (Wildman–Crippen MR) is 49.9 cm³/mol. The fraction of sp³-hybridized carbons (Fsp3) is 0.222. The number of aromatic nitrogens is 4. The number of ketones is 1. The topological polar surface area (TPSA) is 63.6 Å². The highest BCUT2D eigenvalue weighted by atomic mass is 16.1. The molecule has 5 heteroatoms. The molecule has 0 aliphatic carbocycles. The fourth-order valence-corrected chi connectivity index (χ4v) is 1.27. The van der Waals surface area contributed by atoms with Crippen LogP contribution in [0.1, 0.15) is 23.4 Å². The molecule has 0 radical (unpaired) electrons. The van der Waals surface area contributed by atoms with E-state index >= 15 is 0 Å². The lowest BCUT2D eigenvalue weighted by Gasteiger charge is -2.00. The second-order valence-corrected chi connectivity index (χ2v) is 2.80. The number of nitrogens with zero attached hydrogens (tertiary/aromatic N) is 3. The molecule has 0 spiro atoms. The third-order valence-corrected chi connectivity index (χ3v) is 1.97. The maximum absolute atomic E-state index is 11.8. The Labute approximate surface area is 80.8 Å². The number of nitrogens with one attached hydrogen (secondary N) is 1. The molecule has 0 aromatic carbocycles. The highest BCUT2D eigenvalue weighted by molar-refractivity contribution is 6.03. The van der Waals surface area contributed by atoms with Gasteiger partial charge < -0.3 is 9.55 Å². The Hall–Kier alpha value is -1.91. The average Bonchev–Trinajstić information content (AvgIpc) is 2.87. The van der Waals surface area contributed by atoms with Crippen molar-refractivity contribution in [2.24, 2.45) is 0 Å². The van der Waals surface area contributed by atoms with Crippen molar-refractivity contribution in [3.8, 4) is 0 Å². The number of aromatic amines is 1. The van der Waals surface area contributed by atoms with Gasteiger partial charge in [-0.15, -0.1) is 0 Å². The highest BCUT2D eigenvalue weighted by Crippen LogP contribution is 2.03. The van der Waals surface area contributed by atoms with Gasteiger partial charge in [0.2, 0.25) is 0 Å². The van der Waals surface area contributed by atoms with Crippen molar-refractivity contribution in [3.05, 3.63) is 36.4 Å². The number of H-pyrrole nitrogens is 1. The van der Waals surface area contributed by atoms with Crippen LogP contribution in [0.2, 0.25) is 0 Å². The molecule has 0 fully saturated rings. The normalized spacial score (nSPS) is 10.4. The fourth-order valence-electron chi connectivity index (χ4n) is 1.27. The molecule has 5 nitrogen and oxygen atoms in total. The molecule has 0 aliphatic heterocycles. The zero-order valence-electron chi connectivity index (χ0n) is 7.77. The Morgan fingerprint density at radius 3 is 3.00 bits per heavy atom. The molecule has 0 bridgehead atoms. The minimum atomic E-state index is -0.179. The van der Waals surface area contributed by atoms with Gasteiger partial charge in [-0.1, -0.05) is 0 Å². The van der Waals surface area contributed by atoms with E-state index in [1.54, 1.807) is 29.4 Å². The van der Waals surface area contributed by atoms with E-state index in [0.717, 1.165) is 6.54 Å². The van der Waals surface area contributed by atoms with E-state index in [1.165, 1.54) is 0 Å². The molecule has 14 heavy (non-hydrogen) atoms. The van der Waals surface area contributed by atoms with Crippen LogP contribution in [-0.4, -0.2) is 25.3 Å². The van der Waals surface area contributed by atoms with Crippen molar-refractivity contribution in [1.82, 2.24) is 19.5 Å². The molecule has 72 valence electrons. The molecule has 0 atom stereocenters. The molecule has 2 rings (SSSR count). The molecular weight excluding hydrogens is 180 g/mol. The van der Waals surface area contributed by atoms with Crippen molar-refractivity contribution >= 4 is 5.78 Å². The summed E-state index contributed by atoms with van der Waals surface area (Å²) in [6.45, 7) is 2.68. The molecule has 1 N–H and O–H groups in total. The van der Waals surface area contributed by atoms with Gasteiger partial charge in [-0.25, -0.2) is 9.97 Å². The number of imidazole rings is 2. The lowest BCUT2D eigenvalue weighted by Crippen LogP contribution is -2.11. The number of carbonyl (C=O) groups is 1. The molecule has 0 aliphatic rings. The van der Waals surface area contributed by atoms with Gasteiger partial charge in [0.1, 0.15) is 0 Å². The lowest BCUT2D eigenvalue weighted by atomic mass is 10.3. The Bertz CT molecular complexity index is 429. The molecule has 0 unspecified atom stereocenters. The standard InChI is InChI=1S/C9H10N4O/c1-2-13-6-5-12-9(13)7(14)8-10-3-4-11-8/h3-6H,2H2,1H3,(H,10,11). The zero-order valence-corrected chi connectivity index (χ0v) is 7.77. The third-order valence-electron chi connectivity index (χ3n) is 1.97. The van der Waals surface area contributed by atoms with Crippen LogP contribution in [0.3, 0.4) is 0 Å². The zero-order chi connectivity index (χ0) is 9.97. The third kappa shape index (κ3) is 1.32. The number of hydrogen-bond donors (Lipinski definition) is 1. The van der Waals surface area contributed by atoms with Gasteiger partial charge in [-0.2, -0.15) is 0 Å². The Morgan fingerprint density at radius 2 is 2.36 bits per heavy atom. The predicted octanol–water partition coefficient (Wildman–Crippen LogP) is 0.857. The largest absolute Gasteiger partial charge is 0.342 e. The number of rotatable bonds is 3. The van der Waals surface area contributed by atoms with Gasteiger partial charge in [0.25, 0.3) is 5.78 Å². The molecule has 0 amide bonds. The van der Waals surface area contributed by atoms with Crippen molar-refractivity contribution < 1.29 is 4.79 Å². The summed E-state index contributed by atoms with van der Waals surface area (Å²) >= 11 is 0. The highest BCUT2D eigenvalue weighted by Gasteiger charge is 2.15. The minimum absolute atomic E-state index is 0.179. The van der Waals surface area contributed by atoms with Crippen LogP contribution in [-0.2, 0) is 6.54 Å². The smallest absolute Gasteiger partial charge is 0.263 e. The van der Waals surface area contributed by atoms with Crippen LogP contribution in [0.5, 0.6) is 0 Å². The van der Waals surface area contributed by atoms with Gasteiger partial charge in [-0.05, 0) is 6.92 Å². The van der Waals surface area contributed by atoms with E-state index < -0.39 is 0 Å². The van der Waals surface area contributed by atoms with Crippen LogP contribution in [0, 0.1) is 0 Å². The van der Waals surface area contributed by atoms with Crippen LogP contribution >= 0.6 is 0 Å². The van der Waals surface area contributed by atoms with Gasteiger partial charge >= 0.3 is 0 Å². The second-order valence-electron chi connectivity index (χ2n) is 2.80. The summed E-state index contributed by atoms with van der Waals surface area (Å²) < 4.78 is 1.78. The summed E-state index contributed by atoms with van der Waals surface area (Å²) in [5, 5.41) is 0. The first-order valence-electron chi connectivity index (χ1n) is 4.38. The van der Waals surface area contributed by atoms with Crippen LogP contribution in [0.4, 0.5) is 0 Å². The van der Waals surface area contributed by atoms with Crippen molar-refractivity contribution in [2.75, 3.05) is 0 Å². The molecular formula is C9H10N4O. The summed E-state index contributed by atoms with van der Waals surface area (Å²) in [6.07, 6.45) is 6.55. The first-order chi connectivity index (χ1) is 6.83. The number of aryl methyl sites for hydroxylation is 1. The van der Waals surface area contributed by atoms with E-state index in [-0.39, 0.29) is 5.78 Å². The van der Waals surface area contributed by atoms with Crippen molar-refractivity contribution in [2.45, 2.75) is 13.5 Å². The van der Waals surface area contributed by atoms with Crippen LogP contribution in [0.15, 0.2) is 24.8 Å². The summed E-state index contributed by atoms with van der Waals surface area (Å²) in [5.74, 6) is 0.565. The van der Waals surface area contributed by atoms with Gasteiger partial charge in [-0.3, -0.25) is 4.79 Å². The van der Waals surface area contributed by atoms with E-state index in [1.807, 2.05) is 6.92 Å². The van der Waals surface area contributed by atoms with Gasteiger partial charge in [0, 0.05) is 31.3 Å². The Balaban J connectivity index is 2.36. The lowest BCUT2D eigenvalue weighted by molar-refractivity contribution is 0.101. The monoisotopic (exact) mass is 190 g/mol. The molecule has 0 saturated carbocycles. The summed E-state index contributed by atoms with van der Waals surface area (Å²) in [5.41, 5.74) is 0. The van der Waals surface area contributed by atoms with E-state index in [4.69, 9.17) is 0 Å².